The molecule has 29 heavy (non-hydrogen) atoms. The summed E-state index contributed by atoms with van der Waals surface area (Å²) in [6.07, 6.45) is 0. The molecule has 5 nitrogen and oxygen atoms in total. The molecule has 0 heterocycles. The summed E-state index contributed by atoms with van der Waals surface area (Å²) in [5.74, 6) is -0.730. The molecule has 0 aliphatic heterocycles. The highest BCUT2D eigenvalue weighted by Gasteiger charge is 2.38. The Hall–Kier alpha value is -3.17. The molecular weight excluding hydrogens is 387 g/mol. The van der Waals surface area contributed by atoms with Crippen LogP contribution in [-0.2, 0) is 9.36 Å². The van der Waals surface area contributed by atoms with Crippen LogP contribution in [0.1, 0.15) is 21.5 Å². The van der Waals surface area contributed by atoms with Crippen LogP contribution < -0.4 is 15.3 Å². The van der Waals surface area contributed by atoms with Crippen LogP contribution in [0.15, 0.2) is 72.8 Å². The highest BCUT2D eigenvalue weighted by atomic mass is 31.2. The zero-order chi connectivity index (χ0) is 21.0. The summed E-state index contributed by atoms with van der Waals surface area (Å²) < 4.78 is 19.5. The number of carbonyl (C=O) groups is 2. The van der Waals surface area contributed by atoms with E-state index in [0.29, 0.717) is 33.0 Å². The Bertz CT molecular complexity index is 1020. The van der Waals surface area contributed by atoms with Crippen molar-refractivity contribution in [2.45, 2.75) is 13.8 Å². The van der Waals surface area contributed by atoms with Gasteiger partial charge in [0.05, 0.1) is 0 Å². The molecule has 0 fully saturated rings. The Balaban J connectivity index is 2.13. The van der Waals surface area contributed by atoms with Gasteiger partial charge in [-0.15, -0.1) is 0 Å². The quantitative estimate of drug-likeness (QED) is 0.600. The zero-order valence-electron chi connectivity index (χ0n) is 16.2. The number of carboxylic acids is 1. The molecule has 0 aromatic heterocycles. The minimum Gasteiger partial charge on any atom is -0.482 e. The second-order valence-corrected chi connectivity index (χ2v) is 9.36. The molecule has 0 atom stereocenters. The van der Waals surface area contributed by atoms with Crippen LogP contribution in [0.5, 0.6) is 5.75 Å². The average Bonchev–Trinajstić information content (AvgIpc) is 2.72. The van der Waals surface area contributed by atoms with Gasteiger partial charge < -0.3 is 14.4 Å². The molecule has 148 valence electrons. The summed E-state index contributed by atoms with van der Waals surface area (Å²) in [7, 11) is -3.61. The van der Waals surface area contributed by atoms with Crippen LogP contribution in [0.2, 0.25) is 0 Å². The fraction of sp³-hybridized carbons (Fsp3) is 0.130. The van der Waals surface area contributed by atoms with E-state index in [0.717, 1.165) is 0 Å². The van der Waals surface area contributed by atoms with Crippen LogP contribution in [0.25, 0.3) is 0 Å². The predicted molar refractivity (Wildman–Crippen MR) is 113 cm³/mol. The lowest BCUT2D eigenvalue weighted by Crippen LogP contribution is -2.23. The molecule has 0 saturated carbocycles. The average molecular weight is 408 g/mol. The summed E-state index contributed by atoms with van der Waals surface area (Å²) in [5.41, 5.74) is 1.09. The largest absolute Gasteiger partial charge is 0.482 e. The van der Waals surface area contributed by atoms with Gasteiger partial charge in [0.25, 0.3) is 0 Å². The van der Waals surface area contributed by atoms with E-state index in [9.17, 15) is 14.2 Å². The van der Waals surface area contributed by atoms with Crippen LogP contribution in [0, 0.1) is 13.8 Å². The van der Waals surface area contributed by atoms with Crippen molar-refractivity contribution >= 4 is 29.2 Å². The number of ether oxygens (including phenoxy) is 1. The van der Waals surface area contributed by atoms with Gasteiger partial charge >= 0.3 is 5.97 Å². The number of benzene rings is 3. The Kier molecular flexibility index (Phi) is 6.00. The Morgan fingerprint density at radius 1 is 0.862 bits per heavy atom. The highest BCUT2D eigenvalue weighted by molar-refractivity contribution is 7.93. The zero-order valence-corrected chi connectivity index (χ0v) is 17.1. The third-order valence-electron chi connectivity index (χ3n) is 4.61. The second kappa shape index (κ2) is 8.46. The molecule has 1 N–H and O–H groups in total. The van der Waals surface area contributed by atoms with E-state index < -0.39 is 25.2 Å². The van der Waals surface area contributed by atoms with E-state index in [1.54, 1.807) is 74.5 Å². The monoisotopic (exact) mass is 408 g/mol. The molecule has 0 radical (unpaired) electrons. The van der Waals surface area contributed by atoms with Gasteiger partial charge in [0.2, 0.25) is 12.7 Å². The Labute approximate surface area is 169 Å². The van der Waals surface area contributed by atoms with Crippen molar-refractivity contribution in [2.24, 2.45) is 0 Å². The van der Waals surface area contributed by atoms with Crippen molar-refractivity contribution in [1.29, 1.82) is 0 Å². The SMILES string of the molecule is Cc1cc(OCC(=O)O)cc(C)c1C(=O)P(=O)(c1ccccc1)c1ccccc1. The third-order valence-corrected chi connectivity index (χ3v) is 7.45. The minimum absolute atomic E-state index is 0.355. The summed E-state index contributed by atoms with van der Waals surface area (Å²) >= 11 is 0. The van der Waals surface area contributed by atoms with Crippen molar-refractivity contribution in [1.82, 2.24) is 0 Å². The molecule has 3 rings (SSSR count). The van der Waals surface area contributed by atoms with E-state index in [-0.39, 0.29) is 0 Å². The van der Waals surface area contributed by atoms with E-state index in [1.165, 1.54) is 0 Å². The number of rotatable bonds is 7. The molecule has 0 aliphatic rings. The van der Waals surface area contributed by atoms with Gasteiger partial charge in [-0.2, -0.15) is 0 Å². The first-order valence-corrected chi connectivity index (χ1v) is 10.8. The first kappa shape index (κ1) is 20.6. The molecule has 0 bridgehead atoms. The standard InChI is InChI=1S/C23H21O5P/c1-16-13-18(28-15-21(24)25)14-17(2)22(16)23(26)29(27,19-9-5-3-6-10-19)20-11-7-4-8-12-20/h3-14H,15H2,1-2H3,(H,24,25). The van der Waals surface area contributed by atoms with Crippen LogP contribution in [0.4, 0.5) is 0 Å². The van der Waals surface area contributed by atoms with Crippen LogP contribution in [0.3, 0.4) is 0 Å². The lowest BCUT2D eigenvalue weighted by atomic mass is 10.0. The van der Waals surface area contributed by atoms with E-state index in [2.05, 4.69) is 0 Å². The maximum Gasteiger partial charge on any atom is 0.341 e. The molecule has 0 saturated heterocycles. The van der Waals surface area contributed by atoms with Crippen LogP contribution >= 0.6 is 7.14 Å². The summed E-state index contributed by atoms with van der Waals surface area (Å²) in [6, 6.07) is 20.7. The van der Waals surface area contributed by atoms with Crippen molar-refractivity contribution in [2.75, 3.05) is 6.61 Å². The topological polar surface area (TPSA) is 80.7 Å². The Morgan fingerprint density at radius 2 is 1.31 bits per heavy atom. The Morgan fingerprint density at radius 3 is 1.72 bits per heavy atom. The predicted octanol–water partition coefficient (Wildman–Crippen LogP) is 3.92. The number of carboxylic acid groups (broad SMARTS) is 1. The van der Waals surface area contributed by atoms with Gasteiger partial charge in [0.1, 0.15) is 5.75 Å². The summed E-state index contributed by atoms with van der Waals surface area (Å²) in [4.78, 5) is 24.4. The summed E-state index contributed by atoms with van der Waals surface area (Å²) in [6.45, 7) is 2.99. The lowest BCUT2D eigenvalue weighted by Gasteiger charge is -2.21. The lowest BCUT2D eigenvalue weighted by molar-refractivity contribution is -0.139. The fourth-order valence-corrected chi connectivity index (χ4v) is 5.93. The minimum atomic E-state index is -3.61. The second-order valence-electron chi connectivity index (χ2n) is 6.70. The number of hydrogen-bond donors (Lipinski definition) is 1. The molecule has 0 aliphatic carbocycles. The summed E-state index contributed by atoms with van der Waals surface area (Å²) in [5, 5.41) is 9.75. The van der Waals surface area contributed by atoms with E-state index in [4.69, 9.17) is 9.84 Å². The van der Waals surface area contributed by atoms with Gasteiger partial charge in [-0.05, 0) is 37.1 Å². The fourth-order valence-electron chi connectivity index (χ4n) is 3.31. The van der Waals surface area contributed by atoms with E-state index >= 15 is 0 Å². The van der Waals surface area contributed by atoms with Crippen molar-refractivity contribution in [3.8, 4) is 5.75 Å². The van der Waals surface area contributed by atoms with Crippen molar-refractivity contribution < 1.29 is 24.0 Å². The van der Waals surface area contributed by atoms with Crippen molar-refractivity contribution in [3.63, 3.8) is 0 Å². The molecule has 6 heteroatoms. The molecule has 3 aromatic carbocycles. The number of aliphatic carboxylic acids is 1. The van der Waals surface area contributed by atoms with E-state index in [1.807, 2.05) is 12.1 Å². The first-order chi connectivity index (χ1) is 13.8. The van der Waals surface area contributed by atoms with Gasteiger partial charge in [-0.25, -0.2) is 4.79 Å². The third kappa shape index (κ3) is 4.15. The maximum absolute atomic E-state index is 14.3. The molecule has 0 unspecified atom stereocenters. The molecule has 0 amide bonds. The van der Waals surface area contributed by atoms with Crippen molar-refractivity contribution in [3.05, 3.63) is 89.5 Å². The van der Waals surface area contributed by atoms with Gasteiger partial charge in [-0.3, -0.25) is 4.79 Å². The molecule has 0 spiro atoms. The van der Waals surface area contributed by atoms with Gasteiger partial charge in [0, 0.05) is 16.2 Å². The van der Waals surface area contributed by atoms with Crippen LogP contribution in [-0.4, -0.2) is 23.2 Å². The maximum atomic E-state index is 14.3. The highest BCUT2D eigenvalue weighted by Crippen LogP contribution is 2.48. The van der Waals surface area contributed by atoms with Gasteiger partial charge in [-0.1, -0.05) is 60.7 Å². The molecular formula is C23H21O5P. The van der Waals surface area contributed by atoms with Gasteiger partial charge in [0.15, 0.2) is 6.61 Å². The number of carbonyl (C=O) groups excluding carboxylic acids is 1. The number of aryl methyl sites for hydroxylation is 2. The smallest absolute Gasteiger partial charge is 0.341 e. The normalized spacial score (nSPS) is 11.1. The molecule has 3 aromatic rings. The number of hydrogen-bond acceptors (Lipinski definition) is 4. The first-order valence-electron chi connectivity index (χ1n) is 9.06.